The number of imidazole rings is 2. The molecule has 2 aliphatic heterocycles. The predicted octanol–water partition coefficient (Wildman–Crippen LogP) is 8.26. The average Bonchev–Trinajstić information content (AvgIpc) is 3.94. The van der Waals surface area contributed by atoms with Gasteiger partial charge in [0.25, 0.3) is 0 Å². The van der Waals surface area contributed by atoms with Crippen molar-refractivity contribution in [3.05, 3.63) is 85.2 Å². The van der Waals surface area contributed by atoms with Gasteiger partial charge in [-0.25, -0.2) is 9.97 Å². The number of aromatic amines is 2. The van der Waals surface area contributed by atoms with Crippen LogP contribution in [0, 0.1) is 12.8 Å². The van der Waals surface area contributed by atoms with Gasteiger partial charge in [0.2, 0.25) is 11.8 Å². The Morgan fingerprint density at radius 3 is 1.94 bits per heavy atom. The summed E-state index contributed by atoms with van der Waals surface area (Å²) in [6.45, 7) is 11.3. The van der Waals surface area contributed by atoms with Crippen LogP contribution in [-0.4, -0.2) is 60.7 Å². The van der Waals surface area contributed by atoms with Crippen molar-refractivity contribution in [1.29, 1.82) is 0 Å². The zero-order valence-electron chi connectivity index (χ0n) is 28.2. The summed E-state index contributed by atoms with van der Waals surface area (Å²) in [5.41, 5.74) is 6.55. The standard InChI is InChI=1S/C29H27N5O.C6H11NO.C2H6.C2H2/c1-18-3-12-28(34(18)19(2)35)29-31-16-27(33-29)21-6-4-20(5-7-21)22-8-9-24-14-25(11-10-23(24)13-22)26-15-30-17-32-26;1-6(8)7-4-2-3-5-7;2*1-2/h4-11,13-18,28H,3,12H2,1-2H3,(H,30,32)(H,31,33);2-5H2,1H3;1-2H3;1-2H/t18-,28-;;;/m0.../s1. The summed E-state index contributed by atoms with van der Waals surface area (Å²) >= 11 is 0. The third-order valence-electron chi connectivity index (χ3n) is 8.67. The molecule has 47 heavy (non-hydrogen) atoms. The molecule has 8 nitrogen and oxygen atoms in total. The van der Waals surface area contributed by atoms with Gasteiger partial charge in [0.1, 0.15) is 5.82 Å². The molecule has 2 saturated heterocycles. The minimum absolute atomic E-state index is 0.0295. The second-order valence-electron chi connectivity index (χ2n) is 11.6. The molecule has 0 saturated carbocycles. The first-order chi connectivity index (χ1) is 22.9. The van der Waals surface area contributed by atoms with Crippen LogP contribution in [0.4, 0.5) is 0 Å². The van der Waals surface area contributed by atoms with Crippen LogP contribution >= 0.6 is 0 Å². The largest absolute Gasteiger partial charge is 0.345 e. The number of nitrogens with one attached hydrogen (secondary N) is 2. The second kappa shape index (κ2) is 16.4. The first-order valence-corrected chi connectivity index (χ1v) is 16.4. The number of nitrogens with zero attached hydrogens (tertiary/aromatic N) is 4. The molecule has 7 rings (SSSR count). The summed E-state index contributed by atoms with van der Waals surface area (Å²) < 4.78 is 0. The molecule has 2 fully saturated rings. The van der Waals surface area contributed by atoms with Crippen LogP contribution in [0.15, 0.2) is 79.4 Å². The van der Waals surface area contributed by atoms with Crippen molar-refractivity contribution in [2.75, 3.05) is 13.1 Å². The van der Waals surface area contributed by atoms with Gasteiger partial charge < -0.3 is 19.8 Å². The molecule has 5 aromatic rings. The molecule has 0 spiro atoms. The monoisotopic (exact) mass is 630 g/mol. The lowest BCUT2D eigenvalue weighted by Gasteiger charge is -2.25. The summed E-state index contributed by atoms with van der Waals surface area (Å²) in [5.74, 6) is 1.20. The Morgan fingerprint density at radius 1 is 0.766 bits per heavy atom. The van der Waals surface area contributed by atoms with Crippen LogP contribution in [0.3, 0.4) is 0 Å². The third kappa shape index (κ3) is 8.17. The van der Waals surface area contributed by atoms with Gasteiger partial charge in [-0.15, -0.1) is 12.8 Å². The Hall–Kier alpha value is -5.16. The maximum absolute atomic E-state index is 12.1. The first kappa shape index (κ1) is 34.7. The second-order valence-corrected chi connectivity index (χ2v) is 11.6. The van der Waals surface area contributed by atoms with E-state index in [0.29, 0.717) is 0 Å². The summed E-state index contributed by atoms with van der Waals surface area (Å²) in [7, 11) is 0. The molecule has 2 aromatic heterocycles. The molecular formula is C39H46N6O2. The van der Waals surface area contributed by atoms with Crippen LogP contribution in [-0.2, 0) is 9.59 Å². The number of carbonyl (C=O) groups excluding carboxylic acids is 2. The van der Waals surface area contributed by atoms with Crippen molar-refractivity contribution < 1.29 is 9.59 Å². The minimum Gasteiger partial charge on any atom is -0.345 e. The Morgan fingerprint density at radius 2 is 1.36 bits per heavy atom. The van der Waals surface area contributed by atoms with E-state index in [-0.39, 0.29) is 23.9 Å². The highest BCUT2D eigenvalue weighted by Gasteiger charge is 2.35. The van der Waals surface area contributed by atoms with Crippen LogP contribution in [0.5, 0.6) is 0 Å². The fourth-order valence-corrected chi connectivity index (χ4v) is 6.32. The number of H-pyrrole nitrogens is 2. The van der Waals surface area contributed by atoms with Gasteiger partial charge in [0, 0.05) is 38.5 Å². The molecule has 4 heterocycles. The summed E-state index contributed by atoms with van der Waals surface area (Å²) in [6, 6.07) is 21.9. The third-order valence-corrected chi connectivity index (χ3v) is 8.67. The van der Waals surface area contributed by atoms with Crippen molar-refractivity contribution in [2.45, 2.75) is 72.4 Å². The van der Waals surface area contributed by atoms with Crippen molar-refractivity contribution in [3.8, 4) is 46.5 Å². The van der Waals surface area contributed by atoms with E-state index in [0.717, 1.165) is 54.3 Å². The van der Waals surface area contributed by atoms with Gasteiger partial charge in [-0.3, -0.25) is 9.59 Å². The van der Waals surface area contributed by atoms with Crippen molar-refractivity contribution in [3.63, 3.8) is 0 Å². The molecule has 2 aliphatic rings. The topological polar surface area (TPSA) is 98.0 Å². The highest BCUT2D eigenvalue weighted by Crippen LogP contribution is 2.36. The molecule has 0 aliphatic carbocycles. The number of aromatic nitrogens is 4. The number of carbonyl (C=O) groups is 2. The van der Waals surface area contributed by atoms with Crippen molar-refractivity contribution >= 4 is 22.6 Å². The number of rotatable bonds is 4. The molecule has 3 aromatic carbocycles. The van der Waals surface area contributed by atoms with Gasteiger partial charge in [0.05, 0.1) is 36.2 Å². The van der Waals surface area contributed by atoms with Crippen LogP contribution in [0.25, 0.3) is 44.4 Å². The maximum atomic E-state index is 12.1. The summed E-state index contributed by atoms with van der Waals surface area (Å²) in [5, 5.41) is 2.40. The molecule has 2 N–H and O–H groups in total. The van der Waals surface area contributed by atoms with Crippen LogP contribution in [0.1, 0.15) is 72.2 Å². The van der Waals surface area contributed by atoms with Gasteiger partial charge >= 0.3 is 0 Å². The van der Waals surface area contributed by atoms with E-state index in [1.807, 2.05) is 36.0 Å². The van der Waals surface area contributed by atoms with E-state index in [9.17, 15) is 9.59 Å². The number of likely N-dealkylation sites (tertiary alicyclic amines) is 2. The molecule has 0 unspecified atom stereocenters. The number of hydrogen-bond acceptors (Lipinski definition) is 4. The average molecular weight is 631 g/mol. The normalized spacial score (nSPS) is 16.7. The first-order valence-electron chi connectivity index (χ1n) is 16.4. The summed E-state index contributed by atoms with van der Waals surface area (Å²) in [6.07, 6.45) is 17.8. The Balaban J connectivity index is 0.000000358. The lowest BCUT2D eigenvalue weighted by Crippen LogP contribution is -2.34. The zero-order chi connectivity index (χ0) is 33.9. The SMILES string of the molecule is C#C.CC.CC(=O)N1CCCC1.CC(=O)N1[C@@H](C)CC[C@H]1c1ncc(-c2ccc(-c3ccc4cc(-c5cnc[nH]5)ccc4c3)cc2)[nH]1. The van der Waals surface area contributed by atoms with E-state index in [1.165, 1.54) is 34.7 Å². The highest BCUT2D eigenvalue weighted by molar-refractivity contribution is 5.90. The predicted molar refractivity (Wildman–Crippen MR) is 191 cm³/mol. The van der Waals surface area contributed by atoms with Crippen molar-refractivity contribution in [1.82, 2.24) is 29.7 Å². The quantitative estimate of drug-likeness (QED) is 0.195. The smallest absolute Gasteiger partial charge is 0.220 e. The van der Waals surface area contributed by atoms with Gasteiger partial charge in [-0.1, -0.05) is 62.4 Å². The Bertz CT molecular complexity index is 1760. The Labute approximate surface area is 278 Å². The van der Waals surface area contributed by atoms with Gasteiger partial charge in [-0.2, -0.15) is 0 Å². The van der Waals surface area contributed by atoms with E-state index in [2.05, 4.69) is 100 Å². The fourth-order valence-electron chi connectivity index (χ4n) is 6.32. The van der Waals surface area contributed by atoms with E-state index in [4.69, 9.17) is 0 Å². The van der Waals surface area contributed by atoms with Crippen LogP contribution < -0.4 is 0 Å². The van der Waals surface area contributed by atoms with Crippen LogP contribution in [0.2, 0.25) is 0 Å². The lowest BCUT2D eigenvalue weighted by atomic mass is 9.98. The number of terminal acetylenes is 1. The summed E-state index contributed by atoms with van der Waals surface area (Å²) in [4.78, 5) is 41.9. The van der Waals surface area contributed by atoms with E-state index < -0.39 is 0 Å². The molecular weight excluding hydrogens is 584 g/mol. The van der Waals surface area contributed by atoms with E-state index in [1.54, 1.807) is 20.2 Å². The molecule has 0 radical (unpaired) electrons. The molecule has 2 atom stereocenters. The highest BCUT2D eigenvalue weighted by atomic mass is 16.2. The Kier molecular flexibility index (Phi) is 12.1. The lowest BCUT2D eigenvalue weighted by molar-refractivity contribution is -0.131. The number of fused-ring (bicyclic) bond motifs is 1. The molecule has 244 valence electrons. The van der Waals surface area contributed by atoms with Gasteiger partial charge in [0.15, 0.2) is 0 Å². The fraction of sp³-hybridized carbons (Fsp3) is 0.333. The molecule has 2 amide bonds. The zero-order valence-corrected chi connectivity index (χ0v) is 28.2. The number of amides is 2. The minimum atomic E-state index is 0.0295. The van der Waals surface area contributed by atoms with E-state index >= 15 is 0 Å². The van der Waals surface area contributed by atoms with Crippen molar-refractivity contribution in [2.24, 2.45) is 0 Å². The number of benzene rings is 3. The molecule has 8 heteroatoms. The number of hydrogen-bond donors (Lipinski definition) is 2. The molecule has 0 bridgehead atoms. The van der Waals surface area contributed by atoms with Gasteiger partial charge in [-0.05, 0) is 72.2 Å². The maximum Gasteiger partial charge on any atom is 0.220 e.